The number of rotatable bonds is 3. The predicted molar refractivity (Wildman–Crippen MR) is 39.5 cm³/mol. The van der Waals surface area contributed by atoms with Crippen LogP contribution in [0.4, 0.5) is 0 Å². The molecule has 0 aliphatic heterocycles. The molecule has 0 fully saturated rings. The Bertz CT molecular complexity index is 201. The highest BCUT2D eigenvalue weighted by molar-refractivity contribution is 7.12. The van der Waals surface area contributed by atoms with Gasteiger partial charge in [-0.05, 0) is 11.4 Å². The van der Waals surface area contributed by atoms with Crippen LogP contribution in [0.15, 0.2) is 11.4 Å². The molecule has 0 spiro atoms. The maximum absolute atomic E-state index is 8.26. The van der Waals surface area contributed by atoms with Crippen LogP contribution in [-0.2, 0) is 0 Å². The van der Waals surface area contributed by atoms with Crippen LogP contribution in [0.3, 0.4) is 0 Å². The molecular weight excluding hydrogens is 151 g/mol. The predicted octanol–water partition coefficient (Wildman–Crippen LogP) is 0.662. The molecule has 0 amide bonds. The Morgan fingerprint density at radius 2 is 2.50 bits per heavy atom. The first-order valence-corrected chi connectivity index (χ1v) is 3.50. The van der Waals surface area contributed by atoms with Gasteiger partial charge in [0.1, 0.15) is 0 Å². The Morgan fingerprint density at radius 3 is 3.10 bits per heavy atom. The molecule has 1 rings (SSSR count). The average Bonchev–Trinajstić information content (AvgIpc) is 2.36. The molecule has 0 saturated heterocycles. The zero-order chi connectivity index (χ0) is 7.40. The van der Waals surface area contributed by atoms with E-state index in [4.69, 9.17) is 9.76 Å². The second-order valence-corrected chi connectivity index (χ2v) is 2.38. The van der Waals surface area contributed by atoms with E-state index in [-0.39, 0.29) is 0 Å². The first kappa shape index (κ1) is 7.43. The molecule has 0 unspecified atom stereocenters. The molecule has 0 atom stereocenters. The fraction of sp³-hybridized carbons (Fsp3) is 0.200. The number of ether oxygens (including phenoxy) is 1. The summed E-state index contributed by atoms with van der Waals surface area (Å²) in [6.45, 7) is 0. The van der Waals surface area contributed by atoms with Crippen LogP contribution in [0, 0.1) is 0 Å². The summed E-state index contributed by atoms with van der Waals surface area (Å²) in [5.74, 6) is 0.537. The molecule has 0 aliphatic carbocycles. The van der Waals surface area contributed by atoms with Gasteiger partial charge in [0.25, 0.3) is 0 Å². The highest BCUT2D eigenvalue weighted by Crippen LogP contribution is 2.32. The van der Waals surface area contributed by atoms with Crippen LogP contribution in [0.1, 0.15) is 0 Å². The highest BCUT2D eigenvalue weighted by atomic mass is 32.1. The highest BCUT2D eigenvalue weighted by Gasteiger charge is 2.03. The van der Waals surface area contributed by atoms with Gasteiger partial charge in [0.15, 0.2) is 5.75 Å². The van der Waals surface area contributed by atoms with Gasteiger partial charge in [0.05, 0.1) is 7.11 Å². The maximum atomic E-state index is 8.26. The lowest BCUT2D eigenvalue weighted by molar-refractivity contribution is 0.392. The van der Waals surface area contributed by atoms with E-state index in [1.807, 2.05) is 5.38 Å². The van der Waals surface area contributed by atoms with Crippen LogP contribution < -0.4 is 9.39 Å². The third kappa shape index (κ3) is 1.43. The van der Waals surface area contributed by atoms with Gasteiger partial charge in [-0.1, -0.05) is 0 Å². The van der Waals surface area contributed by atoms with Crippen molar-refractivity contribution in [3.63, 3.8) is 0 Å². The van der Waals surface area contributed by atoms with Gasteiger partial charge >= 0.3 is 7.69 Å². The SMILES string of the molecule is COc1sccc1O[B]O. The van der Waals surface area contributed by atoms with Crippen molar-refractivity contribution in [3.8, 4) is 10.8 Å². The van der Waals surface area contributed by atoms with Crippen molar-refractivity contribution < 1.29 is 14.4 Å². The molecule has 53 valence electrons. The second-order valence-electron chi connectivity index (χ2n) is 1.50. The van der Waals surface area contributed by atoms with Gasteiger partial charge in [0.2, 0.25) is 5.06 Å². The van der Waals surface area contributed by atoms with E-state index in [2.05, 4.69) is 4.65 Å². The standard InChI is InChI=1S/C5H6BO3S/c1-8-5-4(9-6-7)2-3-10-5/h2-3,7H,1H3. The number of hydrogen-bond donors (Lipinski definition) is 1. The molecule has 1 N–H and O–H groups in total. The largest absolute Gasteiger partial charge is 0.569 e. The third-order valence-electron chi connectivity index (χ3n) is 0.961. The molecule has 0 saturated carbocycles. The molecule has 10 heavy (non-hydrogen) atoms. The molecule has 0 aromatic carbocycles. The Hall–Kier alpha value is -0.675. The minimum absolute atomic E-state index is 0.537. The van der Waals surface area contributed by atoms with Crippen molar-refractivity contribution in [1.82, 2.24) is 0 Å². The smallest absolute Gasteiger partial charge is 0.534 e. The lowest BCUT2D eigenvalue weighted by Crippen LogP contribution is -1.99. The zero-order valence-electron chi connectivity index (χ0n) is 5.40. The van der Waals surface area contributed by atoms with Crippen molar-refractivity contribution in [2.75, 3.05) is 7.11 Å². The topological polar surface area (TPSA) is 38.7 Å². The van der Waals surface area contributed by atoms with E-state index in [1.165, 1.54) is 11.3 Å². The molecule has 1 aromatic rings. The summed E-state index contributed by atoms with van der Waals surface area (Å²) < 4.78 is 9.58. The van der Waals surface area contributed by atoms with Crippen molar-refractivity contribution in [2.45, 2.75) is 0 Å². The molecular formula is C5H6BO3S. The third-order valence-corrected chi connectivity index (χ3v) is 1.81. The van der Waals surface area contributed by atoms with E-state index in [1.54, 1.807) is 13.2 Å². The molecule has 1 heterocycles. The fourth-order valence-corrected chi connectivity index (χ4v) is 1.22. The summed E-state index contributed by atoms with van der Waals surface area (Å²) in [5, 5.41) is 10.7. The summed E-state index contributed by atoms with van der Waals surface area (Å²) >= 11 is 1.41. The van der Waals surface area contributed by atoms with Gasteiger partial charge in [0, 0.05) is 0 Å². The van der Waals surface area contributed by atoms with Crippen LogP contribution in [0.2, 0.25) is 0 Å². The first-order chi connectivity index (χ1) is 4.88. The summed E-state index contributed by atoms with van der Waals surface area (Å²) in [7, 11) is 2.18. The summed E-state index contributed by atoms with van der Waals surface area (Å²) in [4.78, 5) is 0. The normalized spacial score (nSPS) is 9.00. The van der Waals surface area contributed by atoms with E-state index in [0.29, 0.717) is 18.5 Å². The van der Waals surface area contributed by atoms with Gasteiger partial charge in [-0.3, -0.25) is 0 Å². The summed E-state index contributed by atoms with van der Waals surface area (Å²) in [6.07, 6.45) is 0. The van der Waals surface area contributed by atoms with Crippen molar-refractivity contribution >= 4 is 19.0 Å². The van der Waals surface area contributed by atoms with Crippen LogP contribution in [-0.4, -0.2) is 19.8 Å². The van der Waals surface area contributed by atoms with Gasteiger partial charge in [-0.2, -0.15) is 0 Å². The van der Waals surface area contributed by atoms with Crippen LogP contribution in [0.25, 0.3) is 0 Å². The Morgan fingerprint density at radius 1 is 1.70 bits per heavy atom. The van der Waals surface area contributed by atoms with Gasteiger partial charge in [-0.25, -0.2) is 0 Å². The average molecular weight is 157 g/mol. The fourth-order valence-electron chi connectivity index (χ4n) is 0.577. The summed E-state index contributed by atoms with van der Waals surface area (Å²) in [6, 6.07) is 1.72. The summed E-state index contributed by atoms with van der Waals surface area (Å²) in [5.41, 5.74) is 0. The van der Waals surface area contributed by atoms with E-state index >= 15 is 0 Å². The monoisotopic (exact) mass is 157 g/mol. The molecule has 3 nitrogen and oxygen atoms in total. The second kappa shape index (κ2) is 3.48. The number of methoxy groups -OCH3 is 1. The number of hydrogen-bond acceptors (Lipinski definition) is 4. The Kier molecular flexibility index (Phi) is 2.59. The minimum atomic E-state index is 0.537. The van der Waals surface area contributed by atoms with E-state index in [9.17, 15) is 0 Å². The zero-order valence-corrected chi connectivity index (χ0v) is 6.22. The van der Waals surface area contributed by atoms with Crippen LogP contribution in [0.5, 0.6) is 10.8 Å². The number of thiophene rings is 1. The van der Waals surface area contributed by atoms with Crippen molar-refractivity contribution in [1.29, 1.82) is 0 Å². The first-order valence-electron chi connectivity index (χ1n) is 2.62. The van der Waals surface area contributed by atoms with Crippen molar-refractivity contribution in [2.24, 2.45) is 0 Å². The lowest BCUT2D eigenvalue weighted by atomic mass is 10.4. The van der Waals surface area contributed by atoms with E-state index < -0.39 is 0 Å². The van der Waals surface area contributed by atoms with Crippen molar-refractivity contribution in [3.05, 3.63) is 11.4 Å². The van der Waals surface area contributed by atoms with Gasteiger partial charge in [-0.15, -0.1) is 11.3 Å². The molecule has 5 heteroatoms. The Labute approximate surface area is 63.5 Å². The van der Waals surface area contributed by atoms with Gasteiger partial charge < -0.3 is 14.4 Å². The van der Waals surface area contributed by atoms with Crippen LogP contribution >= 0.6 is 11.3 Å². The molecule has 1 aromatic heterocycles. The molecule has 0 bridgehead atoms. The molecule has 1 radical (unpaired) electrons. The lowest BCUT2D eigenvalue weighted by Gasteiger charge is -1.99. The van der Waals surface area contributed by atoms with E-state index in [0.717, 1.165) is 0 Å². The quantitative estimate of drug-likeness (QED) is 0.655. The maximum Gasteiger partial charge on any atom is 0.569 e. The minimum Gasteiger partial charge on any atom is -0.534 e. The Balaban J connectivity index is 2.70. The molecule has 0 aliphatic rings.